The topological polar surface area (TPSA) is 37.8 Å². The first-order valence-corrected chi connectivity index (χ1v) is 7.98. The Labute approximate surface area is 120 Å². The van der Waals surface area contributed by atoms with Crippen LogP contribution in [-0.4, -0.2) is 16.5 Å². The van der Waals surface area contributed by atoms with E-state index in [9.17, 15) is 0 Å². The maximum Gasteiger partial charge on any atom is 0.125 e. The van der Waals surface area contributed by atoms with Crippen molar-refractivity contribution in [3.8, 4) is 10.6 Å². The molecule has 0 fully saturated rings. The summed E-state index contributed by atoms with van der Waals surface area (Å²) < 4.78 is 1.22. The molecule has 0 aliphatic carbocycles. The third kappa shape index (κ3) is 2.54. The molecule has 0 aliphatic rings. The summed E-state index contributed by atoms with van der Waals surface area (Å²) in [7, 11) is 0. The van der Waals surface area contributed by atoms with Gasteiger partial charge in [0, 0.05) is 23.2 Å². The van der Waals surface area contributed by atoms with Crippen LogP contribution in [0.1, 0.15) is 17.5 Å². The zero-order valence-corrected chi connectivity index (χ0v) is 12.6. The number of hydrogen-bond acceptors (Lipinski definition) is 5. The van der Waals surface area contributed by atoms with E-state index >= 15 is 0 Å². The summed E-state index contributed by atoms with van der Waals surface area (Å²) in [6.45, 7) is 6.07. The van der Waals surface area contributed by atoms with Crippen LogP contribution in [-0.2, 0) is 6.54 Å². The number of thiophene rings is 1. The van der Waals surface area contributed by atoms with Crippen LogP contribution < -0.4 is 5.32 Å². The maximum absolute atomic E-state index is 4.67. The highest BCUT2D eigenvalue weighted by atomic mass is 32.1. The largest absolute Gasteiger partial charge is 0.312 e. The molecule has 3 aromatic rings. The van der Waals surface area contributed by atoms with Crippen LogP contribution in [0.5, 0.6) is 0 Å². The van der Waals surface area contributed by atoms with Gasteiger partial charge in [-0.3, -0.25) is 4.98 Å². The molecular formula is C14H15N3S2. The monoisotopic (exact) mass is 289 g/mol. The summed E-state index contributed by atoms with van der Waals surface area (Å²) in [4.78, 5) is 10.5. The molecule has 3 nitrogen and oxygen atoms in total. The van der Waals surface area contributed by atoms with Crippen LogP contribution in [0, 0.1) is 6.92 Å². The average Bonchev–Trinajstić information content (AvgIpc) is 3.02. The maximum atomic E-state index is 4.67. The summed E-state index contributed by atoms with van der Waals surface area (Å²) in [5.74, 6) is 0. The van der Waals surface area contributed by atoms with Gasteiger partial charge in [0.05, 0.1) is 15.9 Å². The van der Waals surface area contributed by atoms with Gasteiger partial charge >= 0.3 is 0 Å². The van der Waals surface area contributed by atoms with Crippen molar-refractivity contribution in [2.24, 2.45) is 0 Å². The molecular weight excluding hydrogens is 274 g/mol. The van der Waals surface area contributed by atoms with E-state index in [1.54, 1.807) is 22.7 Å². The molecule has 0 saturated heterocycles. The molecule has 19 heavy (non-hydrogen) atoms. The lowest BCUT2D eigenvalue weighted by Gasteiger charge is -1.97. The molecule has 0 saturated carbocycles. The van der Waals surface area contributed by atoms with E-state index in [-0.39, 0.29) is 0 Å². The molecule has 0 aliphatic heterocycles. The fourth-order valence-electron chi connectivity index (χ4n) is 1.92. The Bertz CT molecular complexity index is 700. The van der Waals surface area contributed by atoms with Gasteiger partial charge in [-0.2, -0.15) is 0 Å². The van der Waals surface area contributed by atoms with Gasteiger partial charge in [-0.1, -0.05) is 6.92 Å². The minimum Gasteiger partial charge on any atom is -0.312 e. The lowest BCUT2D eigenvalue weighted by atomic mass is 10.3. The van der Waals surface area contributed by atoms with Crippen LogP contribution in [0.15, 0.2) is 23.7 Å². The molecule has 3 rings (SSSR count). The minimum atomic E-state index is 0.897. The Morgan fingerprint density at radius 3 is 3.11 bits per heavy atom. The molecule has 0 unspecified atom stereocenters. The lowest BCUT2D eigenvalue weighted by Crippen LogP contribution is -2.11. The van der Waals surface area contributed by atoms with Crippen molar-refractivity contribution >= 4 is 32.9 Å². The molecule has 3 heterocycles. The molecule has 0 atom stereocenters. The number of hydrogen-bond donors (Lipinski definition) is 1. The number of aromatic nitrogens is 2. The summed E-state index contributed by atoms with van der Waals surface area (Å²) in [5.41, 5.74) is 3.30. The summed E-state index contributed by atoms with van der Waals surface area (Å²) in [6, 6.07) is 4.23. The van der Waals surface area contributed by atoms with Crippen molar-refractivity contribution < 1.29 is 0 Å². The highest BCUT2D eigenvalue weighted by Crippen LogP contribution is 2.30. The van der Waals surface area contributed by atoms with Gasteiger partial charge in [0.1, 0.15) is 5.01 Å². The van der Waals surface area contributed by atoms with E-state index < -0.39 is 0 Å². The van der Waals surface area contributed by atoms with Gasteiger partial charge in [0.15, 0.2) is 0 Å². The van der Waals surface area contributed by atoms with Gasteiger partial charge in [-0.15, -0.1) is 22.7 Å². The van der Waals surface area contributed by atoms with E-state index in [4.69, 9.17) is 0 Å². The molecule has 0 aromatic carbocycles. The second-order valence-electron chi connectivity index (χ2n) is 4.34. The third-order valence-corrected chi connectivity index (χ3v) is 5.04. The van der Waals surface area contributed by atoms with Gasteiger partial charge in [-0.25, -0.2) is 4.98 Å². The second kappa shape index (κ2) is 5.36. The van der Waals surface area contributed by atoms with Crippen LogP contribution in [0.4, 0.5) is 0 Å². The Morgan fingerprint density at radius 2 is 2.26 bits per heavy atom. The zero-order valence-electron chi connectivity index (χ0n) is 10.9. The van der Waals surface area contributed by atoms with Gasteiger partial charge in [-0.05, 0) is 31.0 Å². The highest BCUT2D eigenvalue weighted by Gasteiger charge is 2.10. The van der Waals surface area contributed by atoms with Crippen molar-refractivity contribution in [1.29, 1.82) is 0 Å². The SMILES string of the molecule is CCNCc1sc(-c2cnc3ccsc3c2)nc1C. The number of nitrogens with one attached hydrogen (secondary N) is 1. The van der Waals surface area contributed by atoms with Gasteiger partial charge in [0.2, 0.25) is 0 Å². The van der Waals surface area contributed by atoms with Gasteiger partial charge in [0.25, 0.3) is 0 Å². The predicted molar refractivity (Wildman–Crippen MR) is 82.8 cm³/mol. The van der Waals surface area contributed by atoms with E-state index in [1.807, 2.05) is 12.3 Å². The molecule has 0 spiro atoms. The Hall–Kier alpha value is -1.30. The summed E-state index contributed by atoms with van der Waals surface area (Å²) >= 11 is 3.48. The second-order valence-corrected chi connectivity index (χ2v) is 6.37. The Morgan fingerprint density at radius 1 is 1.37 bits per heavy atom. The van der Waals surface area contributed by atoms with E-state index in [1.165, 1.54) is 9.58 Å². The fourth-order valence-corrected chi connectivity index (χ4v) is 3.71. The number of fused-ring (bicyclic) bond motifs is 1. The number of nitrogens with zero attached hydrogens (tertiary/aromatic N) is 2. The van der Waals surface area contributed by atoms with Crippen LogP contribution in [0.3, 0.4) is 0 Å². The Balaban J connectivity index is 1.96. The number of aryl methyl sites for hydroxylation is 1. The third-order valence-electron chi connectivity index (χ3n) is 2.98. The fraction of sp³-hybridized carbons (Fsp3) is 0.286. The first kappa shape index (κ1) is 12.7. The zero-order chi connectivity index (χ0) is 13.2. The molecule has 0 bridgehead atoms. The minimum absolute atomic E-state index is 0.897. The smallest absolute Gasteiger partial charge is 0.125 e. The number of rotatable bonds is 4. The van der Waals surface area contributed by atoms with Crippen LogP contribution >= 0.6 is 22.7 Å². The molecule has 0 amide bonds. The van der Waals surface area contributed by atoms with E-state index in [2.05, 4.69) is 40.6 Å². The first-order valence-electron chi connectivity index (χ1n) is 6.28. The highest BCUT2D eigenvalue weighted by molar-refractivity contribution is 7.17. The molecule has 98 valence electrons. The van der Waals surface area contributed by atoms with Crippen LogP contribution in [0.25, 0.3) is 20.8 Å². The summed E-state index contributed by atoms with van der Waals surface area (Å²) in [6.07, 6.45) is 1.92. The quantitative estimate of drug-likeness (QED) is 0.793. The van der Waals surface area contributed by atoms with Crippen molar-refractivity contribution in [1.82, 2.24) is 15.3 Å². The first-order chi connectivity index (χ1) is 9.28. The molecule has 1 N–H and O–H groups in total. The normalized spacial score (nSPS) is 11.3. The standard InChI is InChI=1S/C14H15N3S2/c1-3-15-8-13-9(2)17-14(19-13)10-6-12-11(16-7-10)4-5-18-12/h4-7,15H,3,8H2,1-2H3. The number of thiazole rings is 1. The predicted octanol–water partition coefficient (Wildman–Crippen LogP) is 3.84. The van der Waals surface area contributed by atoms with E-state index in [0.29, 0.717) is 0 Å². The summed E-state index contributed by atoms with van der Waals surface area (Å²) in [5, 5.41) is 6.49. The number of pyridine rings is 1. The average molecular weight is 289 g/mol. The van der Waals surface area contributed by atoms with Crippen molar-refractivity contribution in [2.45, 2.75) is 20.4 Å². The van der Waals surface area contributed by atoms with Gasteiger partial charge < -0.3 is 5.32 Å². The molecule has 3 aromatic heterocycles. The molecule has 0 radical (unpaired) electrons. The molecule has 5 heteroatoms. The van der Waals surface area contributed by atoms with Crippen molar-refractivity contribution in [3.63, 3.8) is 0 Å². The van der Waals surface area contributed by atoms with Crippen molar-refractivity contribution in [3.05, 3.63) is 34.3 Å². The van der Waals surface area contributed by atoms with Crippen LogP contribution in [0.2, 0.25) is 0 Å². The Kier molecular flexibility index (Phi) is 3.59. The van der Waals surface area contributed by atoms with E-state index in [0.717, 1.165) is 34.9 Å². The lowest BCUT2D eigenvalue weighted by molar-refractivity contribution is 0.731. The van der Waals surface area contributed by atoms with Crippen molar-refractivity contribution in [2.75, 3.05) is 6.54 Å².